The number of hydrogen-bond donors (Lipinski definition) is 1. The quantitative estimate of drug-likeness (QED) is 0.181. The Bertz CT molecular complexity index is 1160. The minimum absolute atomic E-state index is 0.164. The van der Waals surface area contributed by atoms with Crippen LogP contribution in [0.3, 0.4) is 0 Å². The lowest BCUT2D eigenvalue weighted by Gasteiger charge is -2.10. The predicted molar refractivity (Wildman–Crippen MR) is 141 cm³/mol. The molecule has 0 bridgehead atoms. The van der Waals surface area contributed by atoms with E-state index in [9.17, 15) is 9.59 Å². The molecule has 0 radical (unpaired) electrons. The molecule has 37 heavy (non-hydrogen) atoms. The van der Waals surface area contributed by atoms with Crippen molar-refractivity contribution in [3.63, 3.8) is 0 Å². The standard InChI is InChI=1S/C29H33NO7/c1-22(2)28(31)36-19-18-34-17-16-33-15-13-30-29(32)37-27-11-9-24-20-26(10-8-25(24)21-27)35-14-12-23-6-4-3-5-7-23/h3-11,20-21H,1,12-19H2,2H3,(H,30,32). The summed E-state index contributed by atoms with van der Waals surface area (Å²) >= 11 is 0. The molecule has 1 amide bonds. The fraction of sp³-hybridized carbons (Fsp3) is 0.310. The molecule has 0 saturated carbocycles. The Balaban J connectivity index is 1.28. The Labute approximate surface area is 217 Å². The lowest BCUT2D eigenvalue weighted by atomic mass is 10.1. The van der Waals surface area contributed by atoms with Crippen molar-refractivity contribution in [3.05, 3.63) is 84.4 Å². The summed E-state index contributed by atoms with van der Waals surface area (Å²) in [6, 6.07) is 21.5. The molecule has 0 aliphatic rings. The molecule has 3 aromatic carbocycles. The van der Waals surface area contributed by atoms with Crippen molar-refractivity contribution in [3.8, 4) is 11.5 Å². The van der Waals surface area contributed by atoms with Gasteiger partial charge in [0.05, 0.1) is 33.0 Å². The predicted octanol–water partition coefficient (Wildman–Crippen LogP) is 4.70. The van der Waals surface area contributed by atoms with E-state index in [0.29, 0.717) is 44.3 Å². The third-order valence-corrected chi connectivity index (χ3v) is 5.19. The summed E-state index contributed by atoms with van der Waals surface area (Å²) in [6.07, 6.45) is 0.286. The van der Waals surface area contributed by atoms with Crippen molar-refractivity contribution in [1.82, 2.24) is 5.32 Å². The fourth-order valence-electron chi connectivity index (χ4n) is 3.29. The average molecular weight is 508 g/mol. The normalized spacial score (nSPS) is 10.6. The number of rotatable bonds is 15. The lowest BCUT2D eigenvalue weighted by molar-refractivity contribution is -0.140. The van der Waals surface area contributed by atoms with Crippen LogP contribution in [0.4, 0.5) is 4.79 Å². The van der Waals surface area contributed by atoms with Crippen molar-refractivity contribution in [2.24, 2.45) is 0 Å². The van der Waals surface area contributed by atoms with Gasteiger partial charge in [-0.25, -0.2) is 9.59 Å². The second kappa shape index (κ2) is 15.3. The maximum absolute atomic E-state index is 12.1. The Hall–Kier alpha value is -3.88. The molecule has 0 aliphatic carbocycles. The van der Waals surface area contributed by atoms with E-state index in [2.05, 4.69) is 24.0 Å². The Kier molecular flexibility index (Phi) is 11.4. The molecule has 0 fully saturated rings. The van der Waals surface area contributed by atoms with E-state index in [1.165, 1.54) is 5.56 Å². The highest BCUT2D eigenvalue weighted by Gasteiger charge is 2.06. The smallest absolute Gasteiger partial charge is 0.412 e. The summed E-state index contributed by atoms with van der Waals surface area (Å²) in [5, 5.41) is 4.58. The molecule has 0 spiro atoms. The number of fused-ring (bicyclic) bond motifs is 1. The molecule has 196 valence electrons. The first-order valence-corrected chi connectivity index (χ1v) is 12.2. The van der Waals surface area contributed by atoms with Crippen molar-refractivity contribution < 1.29 is 33.3 Å². The van der Waals surface area contributed by atoms with Crippen LogP contribution in [0.1, 0.15) is 12.5 Å². The first-order valence-electron chi connectivity index (χ1n) is 12.2. The van der Waals surface area contributed by atoms with Gasteiger partial charge in [0.25, 0.3) is 0 Å². The van der Waals surface area contributed by atoms with E-state index in [-0.39, 0.29) is 13.2 Å². The summed E-state index contributed by atoms with van der Waals surface area (Å²) < 4.78 is 26.9. The topological polar surface area (TPSA) is 92.3 Å². The molecule has 0 unspecified atom stereocenters. The van der Waals surface area contributed by atoms with Crippen LogP contribution in [0.25, 0.3) is 10.8 Å². The molecule has 0 heterocycles. The zero-order valence-electron chi connectivity index (χ0n) is 21.1. The van der Waals surface area contributed by atoms with Crippen LogP contribution in [0.2, 0.25) is 0 Å². The highest BCUT2D eigenvalue weighted by atomic mass is 16.6. The van der Waals surface area contributed by atoms with Crippen LogP contribution in [0, 0.1) is 0 Å². The van der Waals surface area contributed by atoms with Gasteiger partial charge in [-0.05, 0) is 47.5 Å². The Morgan fingerprint density at radius 3 is 2.16 bits per heavy atom. The van der Waals surface area contributed by atoms with Gasteiger partial charge in [-0.15, -0.1) is 0 Å². The maximum Gasteiger partial charge on any atom is 0.412 e. The van der Waals surface area contributed by atoms with E-state index in [0.717, 1.165) is 22.9 Å². The van der Waals surface area contributed by atoms with Gasteiger partial charge in [-0.1, -0.05) is 49.0 Å². The number of hydrogen-bond acceptors (Lipinski definition) is 7. The van der Waals surface area contributed by atoms with E-state index >= 15 is 0 Å². The monoisotopic (exact) mass is 507 g/mol. The summed E-state index contributed by atoms with van der Waals surface area (Å²) in [4.78, 5) is 23.3. The largest absolute Gasteiger partial charge is 0.493 e. The van der Waals surface area contributed by atoms with E-state index in [1.807, 2.05) is 48.5 Å². The highest BCUT2D eigenvalue weighted by molar-refractivity contribution is 5.87. The van der Waals surface area contributed by atoms with Crippen LogP contribution in [0.15, 0.2) is 78.9 Å². The van der Waals surface area contributed by atoms with Crippen molar-refractivity contribution >= 4 is 22.8 Å². The molecule has 1 N–H and O–H groups in total. The maximum atomic E-state index is 12.1. The molecular formula is C29H33NO7. The van der Waals surface area contributed by atoms with Crippen LogP contribution >= 0.6 is 0 Å². The molecule has 0 aromatic heterocycles. The van der Waals surface area contributed by atoms with Gasteiger partial charge in [0.1, 0.15) is 18.1 Å². The zero-order valence-corrected chi connectivity index (χ0v) is 21.1. The minimum Gasteiger partial charge on any atom is -0.493 e. The van der Waals surface area contributed by atoms with Gasteiger partial charge in [0.2, 0.25) is 0 Å². The summed E-state index contributed by atoms with van der Waals surface area (Å²) in [7, 11) is 0. The van der Waals surface area contributed by atoms with Crippen molar-refractivity contribution in [2.45, 2.75) is 13.3 Å². The number of ether oxygens (including phenoxy) is 5. The number of carbonyl (C=O) groups is 2. The van der Waals surface area contributed by atoms with Gasteiger partial charge in [0, 0.05) is 18.5 Å². The minimum atomic E-state index is -0.556. The Morgan fingerprint density at radius 1 is 0.784 bits per heavy atom. The molecular weight excluding hydrogens is 474 g/mol. The number of carbonyl (C=O) groups excluding carboxylic acids is 2. The van der Waals surface area contributed by atoms with Crippen LogP contribution in [-0.4, -0.2) is 58.2 Å². The van der Waals surface area contributed by atoms with Gasteiger partial charge in [0.15, 0.2) is 0 Å². The zero-order chi connectivity index (χ0) is 26.3. The Morgan fingerprint density at radius 2 is 1.43 bits per heavy atom. The lowest BCUT2D eigenvalue weighted by Crippen LogP contribution is -2.30. The van der Waals surface area contributed by atoms with Gasteiger partial charge in [-0.3, -0.25) is 0 Å². The second-order valence-electron chi connectivity index (χ2n) is 8.21. The average Bonchev–Trinajstić information content (AvgIpc) is 2.90. The van der Waals surface area contributed by atoms with Crippen molar-refractivity contribution in [1.29, 1.82) is 0 Å². The second-order valence-corrected chi connectivity index (χ2v) is 8.21. The van der Waals surface area contributed by atoms with E-state index < -0.39 is 12.1 Å². The molecule has 0 aliphatic heterocycles. The molecule has 8 nitrogen and oxygen atoms in total. The van der Waals surface area contributed by atoms with Gasteiger partial charge in [-0.2, -0.15) is 0 Å². The summed E-state index contributed by atoms with van der Waals surface area (Å²) in [5.41, 5.74) is 1.59. The highest BCUT2D eigenvalue weighted by Crippen LogP contribution is 2.25. The SMILES string of the molecule is C=C(C)C(=O)OCCOCCOCCNC(=O)Oc1ccc2cc(OCCc3ccccc3)ccc2c1. The third kappa shape index (κ3) is 10.3. The third-order valence-electron chi connectivity index (χ3n) is 5.19. The summed E-state index contributed by atoms with van der Waals surface area (Å²) in [6.45, 7) is 7.45. The number of esters is 1. The van der Waals surface area contributed by atoms with Crippen molar-refractivity contribution in [2.75, 3.05) is 46.2 Å². The number of benzene rings is 3. The van der Waals surface area contributed by atoms with Crippen LogP contribution in [0.5, 0.6) is 11.5 Å². The molecule has 0 saturated heterocycles. The molecule has 3 rings (SSSR count). The first kappa shape index (κ1) is 27.7. The van der Waals surface area contributed by atoms with Crippen LogP contribution < -0.4 is 14.8 Å². The number of amides is 1. The number of nitrogens with one attached hydrogen (secondary N) is 1. The summed E-state index contributed by atoms with van der Waals surface area (Å²) in [5.74, 6) is 0.811. The van der Waals surface area contributed by atoms with Crippen LogP contribution in [-0.2, 0) is 25.4 Å². The van der Waals surface area contributed by atoms with Gasteiger partial charge >= 0.3 is 12.1 Å². The van der Waals surface area contributed by atoms with E-state index in [4.69, 9.17) is 23.7 Å². The molecule has 0 atom stereocenters. The fourth-order valence-corrected chi connectivity index (χ4v) is 3.29. The molecule has 8 heteroatoms. The van der Waals surface area contributed by atoms with Gasteiger partial charge < -0.3 is 29.0 Å². The first-order chi connectivity index (χ1) is 18.0. The molecule has 3 aromatic rings. The van der Waals surface area contributed by atoms with E-state index in [1.54, 1.807) is 13.0 Å².